The molecule has 0 aliphatic carbocycles. The highest BCUT2D eigenvalue weighted by atomic mass is 28.4. The van der Waals surface area contributed by atoms with Crippen molar-refractivity contribution in [1.29, 1.82) is 0 Å². The van der Waals surface area contributed by atoms with Crippen molar-refractivity contribution in [2.45, 2.75) is 136 Å². The van der Waals surface area contributed by atoms with Gasteiger partial charge >= 0.3 is 0 Å². The van der Waals surface area contributed by atoms with Gasteiger partial charge in [0.1, 0.15) is 6.29 Å². The summed E-state index contributed by atoms with van der Waals surface area (Å²) in [4.78, 5) is 11.7. The summed E-state index contributed by atoms with van der Waals surface area (Å²) in [6.45, 7) is 34.9. The van der Waals surface area contributed by atoms with Crippen molar-refractivity contribution in [3.8, 4) is 0 Å². The summed E-state index contributed by atoms with van der Waals surface area (Å²) in [5.74, 6) is 0.227. The Morgan fingerprint density at radius 2 is 1.09 bits per heavy atom. The van der Waals surface area contributed by atoms with Gasteiger partial charge in [-0.1, -0.05) is 149 Å². The van der Waals surface area contributed by atoms with E-state index in [4.69, 9.17) is 13.3 Å². The van der Waals surface area contributed by atoms with Crippen LogP contribution in [0.2, 0.25) is 41.3 Å². The Morgan fingerprint density at radius 1 is 0.652 bits per heavy atom. The van der Waals surface area contributed by atoms with Gasteiger partial charge in [0, 0.05) is 18.9 Å². The van der Waals surface area contributed by atoms with Crippen LogP contribution in [0.5, 0.6) is 0 Å². The van der Waals surface area contributed by atoms with E-state index >= 15 is 0 Å². The molecule has 4 atom stereocenters. The Bertz CT molecular complexity index is 1200. The van der Waals surface area contributed by atoms with Crippen LogP contribution >= 0.6 is 0 Å². The number of carbonyl (C=O) groups excluding carboxylic acids is 1. The maximum atomic E-state index is 11.7. The van der Waals surface area contributed by atoms with Crippen molar-refractivity contribution in [2.75, 3.05) is 6.61 Å². The minimum Gasteiger partial charge on any atom is -0.413 e. The number of carbonyl (C=O) groups is 1. The van der Waals surface area contributed by atoms with Gasteiger partial charge < -0.3 is 18.1 Å². The molecule has 2 rings (SSSR count). The van der Waals surface area contributed by atoms with Gasteiger partial charge in [-0.2, -0.15) is 0 Å². The summed E-state index contributed by atoms with van der Waals surface area (Å²) in [6.07, 6.45) is 5.40. The Balaban J connectivity index is 2.53. The highest BCUT2D eigenvalue weighted by Gasteiger charge is 2.51. The van der Waals surface area contributed by atoms with Crippen molar-refractivity contribution < 1.29 is 18.1 Å². The summed E-state index contributed by atoms with van der Waals surface area (Å²) >= 11 is 0. The Morgan fingerprint density at radius 3 is 1.48 bits per heavy atom. The third kappa shape index (κ3) is 9.96. The Hall–Kier alpha value is -1.62. The summed E-state index contributed by atoms with van der Waals surface area (Å²) in [5.41, 5.74) is 0. The fourth-order valence-corrected chi connectivity index (χ4v) is 13.0. The van der Waals surface area contributed by atoms with E-state index in [9.17, 15) is 4.79 Å². The van der Waals surface area contributed by atoms with Crippen molar-refractivity contribution in [1.82, 2.24) is 0 Å². The number of rotatable bonds is 15. The van der Waals surface area contributed by atoms with E-state index in [2.05, 4.69) is 175 Å². The lowest BCUT2D eigenvalue weighted by atomic mass is 9.93. The number of aldehydes is 1. The lowest BCUT2D eigenvalue weighted by molar-refractivity contribution is -0.108. The van der Waals surface area contributed by atoms with Crippen molar-refractivity contribution in [3.63, 3.8) is 0 Å². The van der Waals surface area contributed by atoms with Gasteiger partial charge in [0.05, 0.1) is 12.2 Å². The predicted molar refractivity (Wildman–Crippen MR) is 206 cm³/mol. The molecule has 0 aliphatic rings. The molecule has 2 aromatic carbocycles. The molecule has 0 saturated heterocycles. The zero-order valence-electron chi connectivity index (χ0n) is 31.9. The van der Waals surface area contributed by atoms with E-state index in [0.29, 0.717) is 13.0 Å². The average Bonchev–Trinajstić information content (AvgIpc) is 2.94. The van der Waals surface area contributed by atoms with Crippen LogP contribution in [0.25, 0.3) is 0 Å². The van der Waals surface area contributed by atoms with Crippen LogP contribution in [0.4, 0.5) is 0 Å². The van der Waals surface area contributed by atoms with E-state index in [1.54, 1.807) is 0 Å². The first kappa shape index (κ1) is 40.6. The molecule has 0 N–H and O–H groups in total. The number of benzene rings is 2. The molecule has 0 radical (unpaired) electrons. The lowest BCUT2D eigenvalue weighted by Crippen LogP contribution is -2.67. The van der Waals surface area contributed by atoms with Gasteiger partial charge in [-0.15, -0.1) is 0 Å². The lowest BCUT2D eigenvalue weighted by Gasteiger charge is -2.45. The van der Waals surface area contributed by atoms with Gasteiger partial charge in [0.15, 0.2) is 16.6 Å². The first-order valence-corrected chi connectivity index (χ1v) is 25.0. The molecule has 0 fully saturated rings. The summed E-state index contributed by atoms with van der Waals surface area (Å²) < 4.78 is 21.4. The van der Waals surface area contributed by atoms with E-state index < -0.39 is 25.0 Å². The quantitative estimate of drug-likeness (QED) is 0.107. The van der Waals surface area contributed by atoms with Crippen LogP contribution in [0.15, 0.2) is 72.8 Å². The van der Waals surface area contributed by atoms with E-state index in [-0.39, 0.29) is 39.2 Å². The minimum absolute atomic E-state index is 0.0555. The number of hydrogen-bond acceptors (Lipinski definition) is 4. The zero-order chi connectivity index (χ0) is 35.2. The molecule has 46 heavy (non-hydrogen) atoms. The fourth-order valence-electron chi connectivity index (χ4n) is 5.60. The van der Waals surface area contributed by atoms with Gasteiger partial charge in [-0.05, 0) is 57.6 Å². The highest BCUT2D eigenvalue weighted by Crippen LogP contribution is 2.41. The Labute approximate surface area is 286 Å². The molecule has 0 amide bonds. The monoisotopic (exact) mass is 682 g/mol. The third-order valence-corrected chi connectivity index (χ3v) is 24.5. The third-order valence-electron chi connectivity index (χ3n) is 10.5. The van der Waals surface area contributed by atoms with Crippen molar-refractivity contribution >= 4 is 41.6 Å². The fraction of sp³-hybridized carbons (Fsp3) is 0.615. The second-order valence-corrected chi connectivity index (χ2v) is 31.2. The average molecular weight is 683 g/mol. The zero-order valence-corrected chi connectivity index (χ0v) is 34.9. The first-order valence-electron chi connectivity index (χ1n) is 17.2. The van der Waals surface area contributed by atoms with Crippen molar-refractivity contribution in [2.24, 2.45) is 11.8 Å². The molecule has 2 aromatic rings. The maximum absolute atomic E-state index is 11.7. The molecule has 0 spiro atoms. The maximum Gasteiger partial charge on any atom is 0.261 e. The van der Waals surface area contributed by atoms with Crippen LogP contribution in [0.1, 0.15) is 82.6 Å². The van der Waals surface area contributed by atoms with Gasteiger partial charge in [0.25, 0.3) is 8.32 Å². The highest BCUT2D eigenvalue weighted by molar-refractivity contribution is 6.99. The Kier molecular flexibility index (Phi) is 13.9. The van der Waals surface area contributed by atoms with Gasteiger partial charge in [-0.3, -0.25) is 0 Å². The summed E-state index contributed by atoms with van der Waals surface area (Å²) in [7, 11) is -6.88. The molecule has 7 heteroatoms. The SMILES string of the molecule is C[C@@H](/C=C\[C@H](CC=O)O[Si](C)(C)C(C)(C)C)[C@H](O[Si](C)(C)C(C)(C)C)[C@@H](C)CO[Si](c1ccccc1)(c1ccccc1)C(C)(C)C. The van der Waals surface area contributed by atoms with Crippen LogP contribution < -0.4 is 10.4 Å². The van der Waals surface area contributed by atoms with E-state index in [1.165, 1.54) is 10.4 Å². The molecule has 258 valence electrons. The molecule has 0 aromatic heterocycles. The van der Waals surface area contributed by atoms with Crippen molar-refractivity contribution in [3.05, 3.63) is 72.8 Å². The molecular formula is C39H66O4Si3. The molecule has 0 saturated carbocycles. The molecule has 0 heterocycles. The largest absolute Gasteiger partial charge is 0.413 e. The smallest absolute Gasteiger partial charge is 0.261 e. The molecule has 4 nitrogen and oxygen atoms in total. The van der Waals surface area contributed by atoms with Crippen LogP contribution in [-0.2, 0) is 18.1 Å². The predicted octanol–water partition coefficient (Wildman–Crippen LogP) is 9.76. The normalized spacial score (nSPS) is 16.7. The summed E-state index contributed by atoms with van der Waals surface area (Å²) in [5, 5.41) is 2.61. The van der Waals surface area contributed by atoms with Gasteiger partial charge in [0.2, 0.25) is 0 Å². The van der Waals surface area contributed by atoms with E-state index in [0.717, 1.165) is 6.29 Å². The molecular weight excluding hydrogens is 617 g/mol. The molecule has 0 unspecified atom stereocenters. The molecule has 0 bridgehead atoms. The van der Waals surface area contributed by atoms with E-state index in [1.807, 2.05) is 0 Å². The first-order chi connectivity index (χ1) is 21.0. The minimum atomic E-state index is -2.70. The van der Waals surface area contributed by atoms with Crippen LogP contribution in [0.3, 0.4) is 0 Å². The standard InChI is InChI=1S/C39H66O4Si3/c1-31(26-27-33(28-29-40)42-44(12,13)37(3,4)5)36(43-45(14,15)38(6,7)8)32(2)30-41-46(39(9,10)11,34-22-18-16-19-23-34)35-24-20-17-21-25-35/h16-27,29,31-33,36H,28,30H2,1-15H3/b27-26-/t31-,32-,33+,36-/m0/s1. The second-order valence-electron chi connectivity index (χ2n) is 17.4. The van der Waals surface area contributed by atoms with Crippen LogP contribution in [-0.4, -0.2) is 50.1 Å². The topological polar surface area (TPSA) is 44.8 Å². The number of hydrogen-bond donors (Lipinski definition) is 0. The second kappa shape index (κ2) is 15.7. The summed E-state index contributed by atoms with van der Waals surface area (Å²) in [6, 6.07) is 21.7. The van der Waals surface area contributed by atoms with Crippen LogP contribution in [0, 0.1) is 11.8 Å². The van der Waals surface area contributed by atoms with Gasteiger partial charge in [-0.25, -0.2) is 0 Å². The molecule has 0 aliphatic heterocycles.